The minimum atomic E-state index is 0.0583. The van der Waals surface area contributed by atoms with Crippen molar-refractivity contribution in [2.75, 3.05) is 37.7 Å². The van der Waals surface area contributed by atoms with E-state index in [1.807, 2.05) is 32.0 Å². The van der Waals surface area contributed by atoms with Crippen LogP contribution in [0.2, 0.25) is 0 Å². The van der Waals surface area contributed by atoms with Crippen molar-refractivity contribution in [2.45, 2.75) is 45.6 Å². The van der Waals surface area contributed by atoms with Gasteiger partial charge >= 0.3 is 0 Å². The predicted molar refractivity (Wildman–Crippen MR) is 112 cm³/mol. The van der Waals surface area contributed by atoms with E-state index in [-0.39, 0.29) is 17.9 Å². The van der Waals surface area contributed by atoms with Crippen molar-refractivity contribution >= 4 is 22.8 Å². The smallest absolute Gasteiger partial charge is 0.226 e. The van der Waals surface area contributed by atoms with Gasteiger partial charge in [-0.1, -0.05) is 0 Å². The molecule has 156 valence electrons. The van der Waals surface area contributed by atoms with Crippen LogP contribution in [0.25, 0.3) is 10.9 Å². The molecule has 2 saturated heterocycles. The van der Waals surface area contributed by atoms with Crippen molar-refractivity contribution in [1.29, 1.82) is 0 Å². The molecule has 0 bridgehead atoms. The zero-order valence-corrected chi connectivity index (χ0v) is 17.3. The molecule has 2 aromatic rings. The van der Waals surface area contributed by atoms with Crippen molar-refractivity contribution in [3.8, 4) is 5.75 Å². The highest BCUT2D eigenvalue weighted by atomic mass is 16.5. The summed E-state index contributed by atoms with van der Waals surface area (Å²) < 4.78 is 11.2. The number of aromatic nitrogens is 2. The van der Waals surface area contributed by atoms with E-state index >= 15 is 0 Å². The second-order valence-corrected chi connectivity index (χ2v) is 7.86. The number of fused-ring (bicyclic) bond motifs is 1. The minimum Gasteiger partial charge on any atom is -0.494 e. The van der Waals surface area contributed by atoms with E-state index in [1.165, 1.54) is 0 Å². The summed E-state index contributed by atoms with van der Waals surface area (Å²) in [5.41, 5.74) is 1.87. The Kier molecular flexibility index (Phi) is 6.13. The van der Waals surface area contributed by atoms with Crippen LogP contribution in [0.4, 0.5) is 5.95 Å². The fraction of sp³-hybridized carbons (Fsp3) is 0.591. The van der Waals surface area contributed by atoms with Crippen LogP contribution in [0, 0.1) is 12.8 Å². The van der Waals surface area contributed by atoms with E-state index in [9.17, 15) is 4.79 Å². The van der Waals surface area contributed by atoms with Gasteiger partial charge in [-0.25, -0.2) is 9.97 Å². The van der Waals surface area contributed by atoms with Gasteiger partial charge in [0.25, 0.3) is 0 Å². The molecule has 2 aliphatic heterocycles. The summed E-state index contributed by atoms with van der Waals surface area (Å²) in [5, 5.41) is 4.09. The number of piperidine rings is 1. The number of hydrogen-bond acceptors (Lipinski definition) is 6. The lowest BCUT2D eigenvalue weighted by atomic mass is 9.96. The fourth-order valence-corrected chi connectivity index (χ4v) is 4.15. The highest BCUT2D eigenvalue weighted by Gasteiger charge is 2.27. The normalized spacial score (nSPS) is 20.2. The number of nitrogens with zero attached hydrogens (tertiary/aromatic N) is 3. The first-order chi connectivity index (χ1) is 14.1. The van der Waals surface area contributed by atoms with Crippen molar-refractivity contribution in [1.82, 2.24) is 15.3 Å². The molecule has 1 atom stereocenters. The number of rotatable bonds is 6. The number of aryl methyl sites for hydroxylation is 1. The SMILES string of the molecule is CCOc1ccc2nc(N3CCC(C(=O)NCC4CCCO4)CC3)nc(C)c2c1. The van der Waals surface area contributed by atoms with E-state index in [1.54, 1.807) is 0 Å². The lowest BCUT2D eigenvalue weighted by molar-refractivity contribution is -0.126. The van der Waals surface area contributed by atoms with Crippen LogP contribution >= 0.6 is 0 Å². The molecule has 1 unspecified atom stereocenters. The summed E-state index contributed by atoms with van der Waals surface area (Å²) in [5.74, 6) is 1.80. The van der Waals surface area contributed by atoms with Gasteiger partial charge in [-0.2, -0.15) is 0 Å². The molecule has 1 N–H and O–H groups in total. The van der Waals surface area contributed by atoms with Gasteiger partial charge in [0.2, 0.25) is 11.9 Å². The molecule has 2 aliphatic rings. The zero-order valence-electron chi connectivity index (χ0n) is 17.3. The maximum absolute atomic E-state index is 12.5. The molecule has 29 heavy (non-hydrogen) atoms. The van der Waals surface area contributed by atoms with E-state index < -0.39 is 0 Å². The average molecular weight is 399 g/mol. The van der Waals surface area contributed by atoms with Crippen LogP contribution < -0.4 is 15.0 Å². The van der Waals surface area contributed by atoms with Gasteiger partial charge in [0.05, 0.1) is 23.9 Å². The largest absolute Gasteiger partial charge is 0.494 e. The fourth-order valence-electron chi connectivity index (χ4n) is 4.15. The number of hydrogen-bond donors (Lipinski definition) is 1. The number of ether oxygens (including phenoxy) is 2. The number of amides is 1. The van der Waals surface area contributed by atoms with Gasteiger partial charge in [-0.3, -0.25) is 4.79 Å². The molecule has 2 fully saturated rings. The summed E-state index contributed by atoms with van der Waals surface area (Å²) in [6.45, 7) is 7.66. The van der Waals surface area contributed by atoms with Crippen molar-refractivity contribution < 1.29 is 14.3 Å². The lowest BCUT2D eigenvalue weighted by Gasteiger charge is -2.31. The summed E-state index contributed by atoms with van der Waals surface area (Å²) in [4.78, 5) is 24.2. The topological polar surface area (TPSA) is 76.6 Å². The van der Waals surface area contributed by atoms with Crippen LogP contribution in [0.1, 0.15) is 38.3 Å². The van der Waals surface area contributed by atoms with E-state index in [0.717, 1.165) is 73.7 Å². The Morgan fingerprint density at radius 3 is 2.83 bits per heavy atom. The Hall–Kier alpha value is -2.41. The molecular weight excluding hydrogens is 368 g/mol. The van der Waals surface area contributed by atoms with Crippen molar-refractivity contribution in [3.63, 3.8) is 0 Å². The highest BCUT2D eigenvalue weighted by Crippen LogP contribution is 2.26. The minimum absolute atomic E-state index is 0.0583. The molecule has 1 amide bonds. The van der Waals surface area contributed by atoms with E-state index in [2.05, 4.69) is 10.2 Å². The molecule has 4 rings (SSSR count). The van der Waals surface area contributed by atoms with E-state index in [0.29, 0.717) is 13.2 Å². The van der Waals surface area contributed by atoms with Gasteiger partial charge in [-0.15, -0.1) is 0 Å². The Morgan fingerprint density at radius 1 is 1.28 bits per heavy atom. The molecule has 1 aromatic carbocycles. The Balaban J connectivity index is 1.37. The Labute approximate surface area is 171 Å². The highest BCUT2D eigenvalue weighted by molar-refractivity contribution is 5.83. The molecule has 0 spiro atoms. The first kappa shape index (κ1) is 19.9. The number of benzene rings is 1. The predicted octanol–water partition coefficient (Wildman–Crippen LogP) is 2.85. The molecule has 3 heterocycles. The molecule has 0 radical (unpaired) electrons. The Morgan fingerprint density at radius 2 is 2.10 bits per heavy atom. The first-order valence-electron chi connectivity index (χ1n) is 10.7. The van der Waals surface area contributed by atoms with Gasteiger partial charge < -0.3 is 19.7 Å². The first-order valence-corrected chi connectivity index (χ1v) is 10.7. The van der Waals surface area contributed by atoms with Crippen LogP contribution in [-0.4, -0.2) is 54.8 Å². The second kappa shape index (κ2) is 8.95. The molecule has 7 heteroatoms. The summed E-state index contributed by atoms with van der Waals surface area (Å²) in [7, 11) is 0. The van der Waals surface area contributed by atoms with Gasteiger partial charge in [0.15, 0.2) is 0 Å². The third-order valence-corrected chi connectivity index (χ3v) is 5.83. The second-order valence-electron chi connectivity index (χ2n) is 7.86. The maximum atomic E-state index is 12.5. The van der Waals surface area contributed by atoms with E-state index in [4.69, 9.17) is 19.4 Å². The molecule has 0 saturated carbocycles. The molecule has 0 aliphatic carbocycles. The van der Waals surface area contributed by atoms with Crippen molar-refractivity contribution in [3.05, 3.63) is 23.9 Å². The molecular formula is C22H30N4O3. The van der Waals surface area contributed by atoms with Crippen LogP contribution in [0.3, 0.4) is 0 Å². The van der Waals surface area contributed by atoms with Crippen LogP contribution in [0.5, 0.6) is 5.75 Å². The summed E-state index contributed by atoms with van der Waals surface area (Å²) in [6, 6.07) is 5.94. The number of carbonyl (C=O) groups excluding carboxylic acids is 1. The number of anilines is 1. The lowest BCUT2D eigenvalue weighted by Crippen LogP contribution is -2.42. The molecule has 1 aromatic heterocycles. The van der Waals surface area contributed by atoms with Gasteiger partial charge in [-0.05, 0) is 57.7 Å². The summed E-state index contributed by atoms with van der Waals surface area (Å²) in [6.07, 6.45) is 3.97. The average Bonchev–Trinajstić information content (AvgIpc) is 3.26. The third-order valence-electron chi connectivity index (χ3n) is 5.83. The van der Waals surface area contributed by atoms with Crippen molar-refractivity contribution in [2.24, 2.45) is 5.92 Å². The number of carbonyl (C=O) groups is 1. The maximum Gasteiger partial charge on any atom is 0.226 e. The third kappa shape index (κ3) is 4.61. The quantitative estimate of drug-likeness (QED) is 0.806. The van der Waals surface area contributed by atoms with Crippen LogP contribution in [-0.2, 0) is 9.53 Å². The Bertz CT molecular complexity index is 859. The molecule has 7 nitrogen and oxygen atoms in total. The zero-order chi connectivity index (χ0) is 20.2. The van der Waals surface area contributed by atoms with Gasteiger partial charge in [0, 0.05) is 37.5 Å². The standard InChI is InChI=1S/C22H30N4O3/c1-3-28-17-6-7-20-19(13-17)15(2)24-22(25-20)26-10-8-16(9-11-26)21(27)23-14-18-5-4-12-29-18/h6-7,13,16,18H,3-5,8-12,14H2,1-2H3,(H,23,27). The monoisotopic (exact) mass is 398 g/mol. The van der Waals surface area contributed by atoms with Gasteiger partial charge in [0.1, 0.15) is 5.75 Å². The number of nitrogens with one attached hydrogen (secondary N) is 1. The summed E-state index contributed by atoms with van der Waals surface area (Å²) >= 11 is 0. The van der Waals surface area contributed by atoms with Crippen LogP contribution in [0.15, 0.2) is 18.2 Å².